The zero-order valence-electron chi connectivity index (χ0n) is 22.0. The van der Waals surface area contributed by atoms with Gasteiger partial charge in [0, 0.05) is 34.6 Å². The van der Waals surface area contributed by atoms with E-state index >= 15 is 0 Å². The van der Waals surface area contributed by atoms with Gasteiger partial charge < -0.3 is 19.9 Å². The van der Waals surface area contributed by atoms with Gasteiger partial charge in [-0.3, -0.25) is 0 Å². The molecule has 5 heteroatoms. The second-order valence-corrected chi connectivity index (χ2v) is 4.62. The van der Waals surface area contributed by atoms with E-state index in [2.05, 4.69) is 15.0 Å². The zero-order valence-corrected chi connectivity index (χ0v) is 11.0. The highest BCUT2D eigenvalue weighted by Gasteiger charge is 2.22. The number of benzene rings is 1. The highest BCUT2D eigenvalue weighted by atomic mass is 16.6. The molecule has 1 aliphatic heterocycles. The summed E-state index contributed by atoms with van der Waals surface area (Å²) in [6.45, 7) is -8.77. The normalized spacial score (nSPS) is 30.2. The Balaban J connectivity index is 1.98. The predicted octanol–water partition coefficient (Wildman–Crippen LogP) is 1.92. The number of hydrogen-bond acceptors (Lipinski definition) is 3. The van der Waals surface area contributed by atoms with Gasteiger partial charge in [0.1, 0.15) is 6.56 Å². The molecule has 1 aliphatic rings. The SMILES string of the molecule is [2H]c1[nH]c2ccc(C([2H])([2H])[C@@H]3NC(=O)OC3([2H])[2H])cc2c1CCN(C([2H])([2H])[2H])C([2H])([2H])[2H]. The van der Waals surface area contributed by atoms with Crippen LogP contribution in [0.4, 0.5) is 4.79 Å². The van der Waals surface area contributed by atoms with E-state index in [4.69, 9.17) is 15.1 Å². The van der Waals surface area contributed by atoms with Gasteiger partial charge in [-0.05, 0) is 50.0 Å². The molecular formula is C16H21N3O2. The summed E-state index contributed by atoms with van der Waals surface area (Å²) in [6, 6.07) is 2.58. The van der Waals surface area contributed by atoms with Crippen LogP contribution in [0.25, 0.3) is 10.9 Å². The molecule has 0 spiro atoms. The van der Waals surface area contributed by atoms with Gasteiger partial charge in [-0.1, -0.05) is 6.07 Å². The summed E-state index contributed by atoms with van der Waals surface area (Å²) in [5.41, 5.74) is 0.716. The van der Waals surface area contributed by atoms with Crippen LogP contribution in [-0.4, -0.2) is 49.1 Å². The third kappa shape index (κ3) is 3.19. The minimum Gasteiger partial charge on any atom is -0.447 e. The molecule has 2 heterocycles. The average molecular weight is 298 g/mol. The van der Waals surface area contributed by atoms with Crippen molar-refractivity contribution in [2.75, 3.05) is 27.1 Å². The minimum atomic E-state index is -2.88. The minimum absolute atomic E-state index is 0.00609. The first kappa shape index (κ1) is 6.01. The van der Waals surface area contributed by atoms with Crippen molar-refractivity contribution >= 4 is 17.0 Å². The largest absolute Gasteiger partial charge is 0.447 e. The quantitative estimate of drug-likeness (QED) is 0.887. The molecule has 0 radical (unpaired) electrons. The van der Waals surface area contributed by atoms with E-state index in [0.29, 0.717) is 15.8 Å². The molecule has 1 amide bonds. The summed E-state index contributed by atoms with van der Waals surface area (Å²) >= 11 is 0. The molecule has 0 aliphatic carbocycles. The average Bonchev–Trinajstić information content (AvgIpc) is 3.07. The number of aromatic amines is 1. The lowest BCUT2D eigenvalue weighted by Crippen LogP contribution is -2.28. The fraction of sp³-hybridized carbons (Fsp3) is 0.438. The fourth-order valence-electron chi connectivity index (χ4n) is 2.15. The maximum atomic E-state index is 11.5. The maximum absolute atomic E-state index is 11.5. The molecule has 1 aromatic carbocycles. The Bertz CT molecular complexity index is 1010. The molecule has 0 saturated carbocycles. The molecule has 1 fully saturated rings. The lowest BCUT2D eigenvalue weighted by atomic mass is 10.0. The van der Waals surface area contributed by atoms with Crippen LogP contribution in [-0.2, 0) is 17.5 Å². The molecule has 2 aromatic rings. The van der Waals surface area contributed by atoms with Gasteiger partial charge in [0.15, 0.2) is 0 Å². The molecule has 21 heavy (non-hydrogen) atoms. The summed E-state index contributed by atoms with van der Waals surface area (Å²) in [4.78, 5) is 14.6. The summed E-state index contributed by atoms with van der Waals surface area (Å²) in [6.07, 6.45) is -3.69. The van der Waals surface area contributed by atoms with Gasteiger partial charge in [0.05, 0.1) is 10.2 Å². The number of cyclic esters (lactones) is 1. The summed E-state index contributed by atoms with van der Waals surface area (Å²) < 4.78 is 89.9. The Morgan fingerprint density at radius 1 is 1.62 bits per heavy atom. The number of ether oxygens (including phenoxy) is 1. The molecule has 0 unspecified atom stereocenters. The molecule has 1 aromatic heterocycles. The first-order valence-electron chi connectivity index (χ1n) is 11.8. The third-order valence-electron chi connectivity index (χ3n) is 3.12. The van der Waals surface area contributed by atoms with E-state index in [1.165, 1.54) is 18.2 Å². The number of amides is 1. The molecule has 3 rings (SSSR count). The highest BCUT2D eigenvalue weighted by molar-refractivity contribution is 5.84. The van der Waals surface area contributed by atoms with E-state index in [9.17, 15) is 4.79 Å². The standard InChI is InChI=1S/C16H21N3O2/c1-19(2)6-5-12-9-17-15-4-3-11(8-14(12)15)7-13-10-21-16(20)18-13/h3-4,8-9,13,17H,5-7,10H2,1-2H3,(H,18,20)/t13-/m0/s1/i1D3,2D3,7D2,9D,10D2. The van der Waals surface area contributed by atoms with E-state index in [0.717, 1.165) is 0 Å². The van der Waals surface area contributed by atoms with E-state index < -0.39 is 45.6 Å². The van der Waals surface area contributed by atoms with Crippen LogP contribution in [0.2, 0.25) is 0 Å². The van der Waals surface area contributed by atoms with Gasteiger partial charge in [0.2, 0.25) is 0 Å². The van der Waals surface area contributed by atoms with Crippen molar-refractivity contribution < 1.29 is 24.6 Å². The molecular weight excluding hydrogens is 266 g/mol. The van der Waals surface area contributed by atoms with Crippen LogP contribution < -0.4 is 5.32 Å². The van der Waals surface area contributed by atoms with Gasteiger partial charge in [0.25, 0.3) is 0 Å². The number of fused-ring (bicyclic) bond motifs is 1. The van der Waals surface area contributed by atoms with Gasteiger partial charge >= 0.3 is 6.09 Å². The first-order valence-corrected chi connectivity index (χ1v) is 6.33. The molecule has 5 nitrogen and oxygen atoms in total. The molecule has 1 saturated heterocycles. The first-order chi connectivity index (χ1) is 14.4. The molecule has 2 N–H and O–H groups in total. The lowest BCUT2D eigenvalue weighted by molar-refractivity contribution is 0.177. The summed E-state index contributed by atoms with van der Waals surface area (Å²) in [5.74, 6) is 0. The Hall–Kier alpha value is -2.01. The maximum Gasteiger partial charge on any atom is 0.407 e. The number of carbonyl (C=O) groups is 1. The second-order valence-electron chi connectivity index (χ2n) is 4.62. The van der Waals surface area contributed by atoms with Gasteiger partial charge in [-0.2, -0.15) is 0 Å². The number of carbonyl (C=O) groups excluding carboxylic acids is 1. The Labute approximate surface area is 139 Å². The highest BCUT2D eigenvalue weighted by Crippen LogP contribution is 2.21. The van der Waals surface area contributed by atoms with E-state index in [1.807, 2.05) is 0 Å². The number of aromatic nitrogens is 1. The number of hydrogen-bond donors (Lipinski definition) is 2. The number of nitrogens with zero attached hydrogens (tertiary/aromatic N) is 1. The Kier molecular flexibility index (Phi) is 1.65. The van der Waals surface area contributed by atoms with Crippen molar-refractivity contribution in [1.82, 2.24) is 15.2 Å². The van der Waals surface area contributed by atoms with Crippen LogP contribution in [0.3, 0.4) is 0 Å². The van der Waals surface area contributed by atoms with Crippen LogP contribution in [0.15, 0.2) is 24.4 Å². The molecule has 112 valence electrons. The van der Waals surface area contributed by atoms with Crippen LogP contribution >= 0.6 is 0 Å². The van der Waals surface area contributed by atoms with Crippen LogP contribution in [0, 0.1) is 0 Å². The van der Waals surface area contributed by atoms with Crippen molar-refractivity contribution in [3.8, 4) is 0 Å². The van der Waals surface area contributed by atoms with Crippen molar-refractivity contribution in [3.63, 3.8) is 0 Å². The third-order valence-corrected chi connectivity index (χ3v) is 3.12. The van der Waals surface area contributed by atoms with Crippen molar-refractivity contribution in [2.24, 2.45) is 0 Å². The second kappa shape index (κ2) is 5.77. The fourth-order valence-corrected chi connectivity index (χ4v) is 2.15. The number of alkyl carbamates (subject to hydrolysis) is 1. The van der Waals surface area contributed by atoms with Crippen molar-refractivity contribution in [2.45, 2.75) is 18.8 Å². The zero-order chi connectivity index (χ0) is 24.3. The Morgan fingerprint density at radius 2 is 2.52 bits per heavy atom. The van der Waals surface area contributed by atoms with Crippen LogP contribution in [0.5, 0.6) is 0 Å². The van der Waals surface area contributed by atoms with Gasteiger partial charge in [-0.15, -0.1) is 0 Å². The van der Waals surface area contributed by atoms with Crippen molar-refractivity contribution in [3.05, 3.63) is 35.5 Å². The van der Waals surface area contributed by atoms with E-state index in [1.54, 1.807) is 0 Å². The van der Waals surface area contributed by atoms with Crippen LogP contribution in [0.1, 0.15) is 26.2 Å². The topological polar surface area (TPSA) is 57.4 Å². The smallest absolute Gasteiger partial charge is 0.407 e. The van der Waals surface area contributed by atoms with E-state index in [-0.39, 0.29) is 23.7 Å². The predicted molar refractivity (Wildman–Crippen MR) is 82.5 cm³/mol. The number of H-pyrrole nitrogens is 1. The Morgan fingerprint density at radius 3 is 3.29 bits per heavy atom. The number of rotatable bonds is 5. The van der Waals surface area contributed by atoms with Gasteiger partial charge in [-0.25, -0.2) is 4.79 Å². The number of nitrogens with one attached hydrogen (secondary N) is 2. The monoisotopic (exact) mass is 298 g/mol. The lowest BCUT2D eigenvalue weighted by Gasteiger charge is -2.09. The molecule has 1 atom stereocenters. The number of likely N-dealkylation sites (N-methyl/N-ethyl adjacent to an activating group) is 1. The summed E-state index contributed by atoms with van der Waals surface area (Å²) in [7, 11) is 0. The van der Waals surface area contributed by atoms with Crippen molar-refractivity contribution in [1.29, 1.82) is 0 Å². The molecule has 0 bridgehead atoms. The summed E-state index contributed by atoms with van der Waals surface area (Å²) in [5, 5.41) is 2.50.